The number of benzene rings is 2. The number of halogens is 2. The van der Waals surface area contributed by atoms with Crippen LogP contribution in [0.2, 0.25) is 10.0 Å². The lowest BCUT2D eigenvalue weighted by Gasteiger charge is -2.28. The fourth-order valence-corrected chi connectivity index (χ4v) is 4.79. The molecule has 2 aliphatic heterocycles. The minimum absolute atomic E-state index is 0.102. The molecule has 0 aliphatic carbocycles. The van der Waals surface area contributed by atoms with Crippen molar-refractivity contribution >= 4 is 35.0 Å². The number of hydrogen-bond acceptors (Lipinski definition) is 5. The third-order valence-corrected chi connectivity index (χ3v) is 7.29. The molecule has 1 N–H and O–H groups in total. The molecule has 7 nitrogen and oxygen atoms in total. The zero-order chi connectivity index (χ0) is 25.5. The van der Waals surface area contributed by atoms with Crippen molar-refractivity contribution in [1.29, 1.82) is 0 Å². The molecule has 0 saturated carbocycles. The Morgan fingerprint density at radius 2 is 1.75 bits per heavy atom. The van der Waals surface area contributed by atoms with Gasteiger partial charge in [-0.1, -0.05) is 59.6 Å². The predicted octanol–water partition coefficient (Wildman–Crippen LogP) is 3.94. The van der Waals surface area contributed by atoms with E-state index in [4.69, 9.17) is 27.9 Å². The van der Waals surface area contributed by atoms with Crippen LogP contribution in [0.3, 0.4) is 0 Å². The molecule has 0 aromatic heterocycles. The number of rotatable bonds is 10. The summed E-state index contributed by atoms with van der Waals surface area (Å²) in [5.41, 5.74) is 2.15. The summed E-state index contributed by atoms with van der Waals surface area (Å²) in [7, 11) is 0. The lowest BCUT2D eigenvalue weighted by molar-refractivity contribution is -0.128. The van der Waals surface area contributed by atoms with Crippen LogP contribution < -0.4 is 0 Å². The Morgan fingerprint density at radius 1 is 1.00 bits per heavy atom. The minimum atomic E-state index is -0.495. The van der Waals surface area contributed by atoms with E-state index >= 15 is 0 Å². The summed E-state index contributed by atoms with van der Waals surface area (Å²) in [6, 6.07) is 15.3. The molecule has 0 radical (unpaired) electrons. The maximum atomic E-state index is 13.6. The summed E-state index contributed by atoms with van der Waals surface area (Å²) in [5, 5.41) is 11.5. The van der Waals surface area contributed by atoms with Gasteiger partial charge in [0.1, 0.15) is 0 Å². The quantitative estimate of drug-likeness (QED) is 0.502. The average molecular weight is 532 g/mol. The highest BCUT2D eigenvalue weighted by Crippen LogP contribution is 2.25. The van der Waals surface area contributed by atoms with Crippen LogP contribution >= 0.6 is 23.2 Å². The van der Waals surface area contributed by atoms with Crippen molar-refractivity contribution in [1.82, 2.24) is 14.7 Å². The highest BCUT2D eigenvalue weighted by Gasteiger charge is 2.36. The Hall–Kier alpha value is -2.58. The van der Waals surface area contributed by atoms with Gasteiger partial charge in [0.25, 0.3) is 11.8 Å². The van der Waals surface area contributed by atoms with E-state index in [9.17, 15) is 14.7 Å². The molecule has 192 valence electrons. The standard InChI is InChI=1S/C27H31Cl2N3O4/c28-23-9-8-21(17-24(23)29)18-31(10-4-7-20-5-2-1-3-6-20)26(34)22-19-32(27(35)25(22)33)12-11-30-13-15-36-16-14-30/h1-3,5-6,8-9,17,33H,4,7,10-16,18-19H2. The Balaban J connectivity index is 1.44. The molecule has 0 unspecified atom stereocenters. The van der Waals surface area contributed by atoms with Crippen LogP contribution in [-0.4, -0.2) is 84.1 Å². The molecule has 2 aromatic carbocycles. The number of aryl methyl sites for hydroxylation is 1. The molecule has 0 bridgehead atoms. The second-order valence-corrected chi connectivity index (χ2v) is 9.89. The van der Waals surface area contributed by atoms with Gasteiger partial charge in [-0.3, -0.25) is 14.5 Å². The summed E-state index contributed by atoms with van der Waals surface area (Å²) >= 11 is 12.3. The summed E-state index contributed by atoms with van der Waals surface area (Å²) in [5.74, 6) is -1.29. The van der Waals surface area contributed by atoms with Crippen molar-refractivity contribution < 1.29 is 19.4 Å². The maximum Gasteiger partial charge on any atom is 0.289 e. The van der Waals surface area contributed by atoms with Gasteiger partial charge in [0.15, 0.2) is 5.76 Å². The lowest BCUT2D eigenvalue weighted by Crippen LogP contribution is -2.42. The number of amides is 2. The van der Waals surface area contributed by atoms with Crippen molar-refractivity contribution in [2.24, 2.45) is 0 Å². The molecular weight excluding hydrogens is 501 g/mol. The molecular formula is C27H31Cl2N3O4. The molecule has 1 fully saturated rings. The number of aliphatic hydroxyl groups is 1. The van der Waals surface area contributed by atoms with E-state index in [2.05, 4.69) is 17.0 Å². The van der Waals surface area contributed by atoms with E-state index in [0.29, 0.717) is 49.4 Å². The number of morpholine rings is 1. The van der Waals surface area contributed by atoms with Crippen LogP contribution in [0.5, 0.6) is 0 Å². The largest absolute Gasteiger partial charge is 0.503 e. The minimum Gasteiger partial charge on any atom is -0.503 e. The van der Waals surface area contributed by atoms with Gasteiger partial charge in [-0.2, -0.15) is 0 Å². The summed E-state index contributed by atoms with van der Waals surface area (Å²) in [4.78, 5) is 31.8. The summed E-state index contributed by atoms with van der Waals surface area (Å²) in [6.07, 6.45) is 1.54. The Bertz CT molecular complexity index is 1100. The van der Waals surface area contributed by atoms with E-state index in [0.717, 1.165) is 31.5 Å². The van der Waals surface area contributed by atoms with E-state index < -0.39 is 11.7 Å². The van der Waals surface area contributed by atoms with Crippen molar-refractivity contribution in [3.05, 3.63) is 81.0 Å². The summed E-state index contributed by atoms with van der Waals surface area (Å²) in [6.45, 7) is 4.95. The van der Waals surface area contributed by atoms with Crippen LogP contribution in [0.25, 0.3) is 0 Å². The van der Waals surface area contributed by atoms with Gasteiger partial charge in [0.2, 0.25) is 0 Å². The monoisotopic (exact) mass is 531 g/mol. The molecule has 2 aliphatic rings. The average Bonchev–Trinajstić information content (AvgIpc) is 3.18. The van der Waals surface area contributed by atoms with E-state index in [1.54, 1.807) is 21.9 Å². The third kappa shape index (κ3) is 6.79. The highest BCUT2D eigenvalue weighted by molar-refractivity contribution is 6.42. The number of aliphatic hydroxyl groups excluding tert-OH is 1. The van der Waals surface area contributed by atoms with Crippen LogP contribution in [-0.2, 0) is 27.3 Å². The normalized spacial score (nSPS) is 16.6. The van der Waals surface area contributed by atoms with Crippen molar-refractivity contribution in [2.45, 2.75) is 19.4 Å². The zero-order valence-electron chi connectivity index (χ0n) is 20.2. The van der Waals surface area contributed by atoms with Gasteiger partial charge in [0.05, 0.1) is 35.4 Å². The van der Waals surface area contributed by atoms with E-state index in [-0.39, 0.29) is 18.0 Å². The fourth-order valence-electron chi connectivity index (χ4n) is 4.47. The molecule has 4 rings (SSSR count). The van der Waals surface area contributed by atoms with Crippen LogP contribution in [0.4, 0.5) is 0 Å². The molecule has 2 amide bonds. The molecule has 2 heterocycles. The molecule has 9 heteroatoms. The highest BCUT2D eigenvalue weighted by atomic mass is 35.5. The summed E-state index contributed by atoms with van der Waals surface area (Å²) < 4.78 is 5.37. The van der Waals surface area contributed by atoms with Crippen LogP contribution in [0, 0.1) is 0 Å². The molecule has 36 heavy (non-hydrogen) atoms. The first kappa shape index (κ1) is 26.5. The first-order valence-electron chi connectivity index (χ1n) is 12.2. The topological polar surface area (TPSA) is 73.3 Å². The van der Waals surface area contributed by atoms with Crippen LogP contribution in [0.1, 0.15) is 17.5 Å². The van der Waals surface area contributed by atoms with Crippen molar-refractivity contribution in [2.75, 3.05) is 52.5 Å². The van der Waals surface area contributed by atoms with Crippen LogP contribution in [0.15, 0.2) is 59.9 Å². The van der Waals surface area contributed by atoms with Gasteiger partial charge in [-0.25, -0.2) is 0 Å². The SMILES string of the molecule is O=C1C(O)=C(C(=O)N(CCCc2ccccc2)Cc2ccc(Cl)c(Cl)c2)CN1CCN1CCOCC1. The van der Waals surface area contributed by atoms with Gasteiger partial charge in [0, 0.05) is 39.3 Å². The Morgan fingerprint density at radius 3 is 2.47 bits per heavy atom. The molecule has 1 saturated heterocycles. The number of ether oxygens (including phenoxy) is 1. The number of carbonyl (C=O) groups is 2. The molecule has 0 spiro atoms. The Labute approximate surface area is 221 Å². The van der Waals surface area contributed by atoms with Crippen molar-refractivity contribution in [3.8, 4) is 0 Å². The second kappa shape index (κ2) is 12.6. The zero-order valence-corrected chi connectivity index (χ0v) is 21.7. The predicted molar refractivity (Wildman–Crippen MR) is 140 cm³/mol. The first-order valence-corrected chi connectivity index (χ1v) is 13.0. The van der Waals surface area contributed by atoms with Gasteiger partial charge < -0.3 is 19.6 Å². The smallest absolute Gasteiger partial charge is 0.289 e. The van der Waals surface area contributed by atoms with E-state index in [1.165, 1.54) is 5.56 Å². The molecule has 2 aromatic rings. The lowest BCUT2D eigenvalue weighted by atomic mass is 10.1. The van der Waals surface area contributed by atoms with Gasteiger partial charge in [-0.15, -0.1) is 0 Å². The Kier molecular flexibility index (Phi) is 9.26. The molecule has 0 atom stereocenters. The van der Waals surface area contributed by atoms with Gasteiger partial charge in [-0.05, 0) is 36.1 Å². The van der Waals surface area contributed by atoms with Gasteiger partial charge >= 0.3 is 0 Å². The van der Waals surface area contributed by atoms with E-state index in [1.807, 2.05) is 24.3 Å². The number of carbonyl (C=O) groups excluding carboxylic acids is 2. The number of hydrogen-bond donors (Lipinski definition) is 1. The fraction of sp³-hybridized carbons (Fsp3) is 0.407. The second-order valence-electron chi connectivity index (χ2n) is 9.07. The maximum absolute atomic E-state index is 13.6. The first-order chi connectivity index (χ1) is 17.4. The number of nitrogens with zero attached hydrogens (tertiary/aromatic N) is 3. The third-order valence-electron chi connectivity index (χ3n) is 6.55. The van der Waals surface area contributed by atoms with Crippen molar-refractivity contribution in [3.63, 3.8) is 0 Å².